The van der Waals surface area contributed by atoms with Crippen LogP contribution in [0.4, 0.5) is 0 Å². The minimum Gasteiger partial charge on any atom is -0.394 e. The van der Waals surface area contributed by atoms with Gasteiger partial charge in [-0.15, -0.1) is 0 Å². The van der Waals surface area contributed by atoms with Crippen LogP contribution in [0.5, 0.6) is 0 Å². The highest BCUT2D eigenvalue weighted by molar-refractivity contribution is 5.22. The highest BCUT2D eigenvalue weighted by atomic mass is 16.5. The maximum atomic E-state index is 8.84. The van der Waals surface area contributed by atoms with Crippen LogP contribution >= 0.6 is 0 Å². The molecule has 1 N–H and O–H groups in total. The van der Waals surface area contributed by atoms with E-state index in [1.54, 1.807) is 0 Å². The van der Waals surface area contributed by atoms with E-state index in [9.17, 15) is 0 Å². The van der Waals surface area contributed by atoms with Gasteiger partial charge in [0.1, 0.15) is 0 Å². The number of nitrogens with zero attached hydrogens (tertiary/aromatic N) is 3. The average Bonchev–Trinajstić information content (AvgIpc) is 3.16. The Morgan fingerprint density at radius 1 is 1.23 bits per heavy atom. The lowest BCUT2D eigenvalue weighted by Crippen LogP contribution is -2.37. The minimum absolute atomic E-state index is 0.126. The molecule has 124 valence electrons. The molecule has 2 heterocycles. The number of ether oxygens (including phenoxy) is 1. The lowest BCUT2D eigenvalue weighted by molar-refractivity contribution is -0.00906. The summed E-state index contributed by atoms with van der Waals surface area (Å²) < 4.78 is 7.63. The predicted octanol–water partition coefficient (Wildman–Crippen LogP) is 2.05. The van der Waals surface area contributed by atoms with Gasteiger partial charge in [-0.2, -0.15) is 5.10 Å². The zero-order valence-corrected chi connectivity index (χ0v) is 13.7. The molecule has 1 saturated heterocycles. The fourth-order valence-corrected chi connectivity index (χ4v) is 3.91. The van der Waals surface area contributed by atoms with Gasteiger partial charge in [-0.3, -0.25) is 9.58 Å². The number of hydrogen-bond donors (Lipinski definition) is 1. The molecule has 2 aliphatic rings. The first-order valence-corrected chi connectivity index (χ1v) is 8.73. The van der Waals surface area contributed by atoms with Crippen LogP contribution < -0.4 is 0 Å². The quantitative estimate of drug-likeness (QED) is 0.874. The number of hydrogen-bond acceptors (Lipinski definition) is 4. The molecule has 0 atom stereocenters. The molecule has 1 aliphatic carbocycles. The van der Waals surface area contributed by atoms with Crippen LogP contribution in [-0.4, -0.2) is 52.2 Å². The summed E-state index contributed by atoms with van der Waals surface area (Å²) in [5, 5.41) is 13.6. The monoisotopic (exact) mass is 307 g/mol. The molecule has 0 unspecified atom stereocenters. The van der Waals surface area contributed by atoms with Gasteiger partial charge >= 0.3 is 0 Å². The highest BCUT2D eigenvalue weighted by Crippen LogP contribution is 2.35. The molecule has 5 nitrogen and oxygen atoms in total. The van der Waals surface area contributed by atoms with Crippen molar-refractivity contribution < 1.29 is 9.84 Å². The largest absolute Gasteiger partial charge is 0.394 e. The Bertz CT molecular complexity index is 460. The lowest BCUT2D eigenvalue weighted by Gasteiger charge is -2.31. The second-order valence-corrected chi connectivity index (χ2v) is 6.76. The maximum absolute atomic E-state index is 8.84. The third kappa shape index (κ3) is 3.89. The number of aliphatic hydroxyl groups excluding tert-OH is 1. The Labute approximate surface area is 133 Å². The molecule has 1 aliphatic heterocycles. The van der Waals surface area contributed by atoms with Crippen LogP contribution in [0, 0.1) is 0 Å². The summed E-state index contributed by atoms with van der Waals surface area (Å²) in [6, 6.07) is 0. The minimum atomic E-state index is 0.126. The summed E-state index contributed by atoms with van der Waals surface area (Å²) in [6.45, 7) is 3.77. The van der Waals surface area contributed by atoms with Crippen LogP contribution in [-0.2, 0) is 18.3 Å². The van der Waals surface area contributed by atoms with Crippen molar-refractivity contribution in [2.75, 3.05) is 26.3 Å². The van der Waals surface area contributed by atoms with E-state index in [2.05, 4.69) is 11.1 Å². The summed E-state index contributed by atoms with van der Waals surface area (Å²) in [5.74, 6) is 0.682. The number of piperidine rings is 1. The number of likely N-dealkylation sites (tertiary alicyclic amines) is 1. The molecule has 0 amide bonds. The molecular formula is C17H29N3O2. The Kier molecular flexibility index (Phi) is 5.50. The Balaban J connectivity index is 1.55. The van der Waals surface area contributed by atoms with Crippen LogP contribution in [0.3, 0.4) is 0 Å². The summed E-state index contributed by atoms with van der Waals surface area (Å²) >= 11 is 0. The Hall–Kier alpha value is -0.910. The maximum Gasteiger partial charge on any atom is 0.0701 e. The summed E-state index contributed by atoms with van der Waals surface area (Å²) in [5.41, 5.74) is 2.77. The van der Waals surface area contributed by atoms with Gasteiger partial charge in [-0.1, -0.05) is 12.8 Å². The van der Waals surface area contributed by atoms with Gasteiger partial charge in [-0.05, 0) is 25.7 Å². The van der Waals surface area contributed by atoms with Crippen molar-refractivity contribution in [3.05, 3.63) is 17.5 Å². The number of rotatable bonds is 6. The highest BCUT2D eigenvalue weighted by Gasteiger charge is 2.25. The van der Waals surface area contributed by atoms with Gasteiger partial charge in [0.05, 0.1) is 25.0 Å². The zero-order chi connectivity index (χ0) is 15.4. The van der Waals surface area contributed by atoms with Gasteiger partial charge < -0.3 is 9.84 Å². The smallest absolute Gasteiger partial charge is 0.0701 e. The Morgan fingerprint density at radius 3 is 2.64 bits per heavy atom. The van der Waals surface area contributed by atoms with Crippen molar-refractivity contribution in [1.29, 1.82) is 0 Å². The van der Waals surface area contributed by atoms with Gasteiger partial charge in [-0.25, -0.2) is 0 Å². The van der Waals surface area contributed by atoms with E-state index in [4.69, 9.17) is 14.9 Å². The summed E-state index contributed by atoms with van der Waals surface area (Å²) in [7, 11) is 2.04. The predicted molar refractivity (Wildman–Crippen MR) is 85.8 cm³/mol. The third-order valence-electron chi connectivity index (χ3n) is 5.05. The van der Waals surface area contributed by atoms with Gasteiger partial charge in [0.2, 0.25) is 0 Å². The van der Waals surface area contributed by atoms with E-state index in [0.29, 0.717) is 18.6 Å². The second kappa shape index (κ2) is 7.57. The fourth-order valence-electron chi connectivity index (χ4n) is 3.91. The van der Waals surface area contributed by atoms with Crippen molar-refractivity contribution in [2.24, 2.45) is 7.05 Å². The normalized spacial score (nSPS) is 21.7. The van der Waals surface area contributed by atoms with Crippen LogP contribution in [0.1, 0.15) is 55.7 Å². The van der Waals surface area contributed by atoms with Crippen molar-refractivity contribution in [3.63, 3.8) is 0 Å². The molecule has 1 aromatic rings. The molecule has 22 heavy (non-hydrogen) atoms. The second-order valence-electron chi connectivity index (χ2n) is 6.76. The standard InChI is InChI=1S/C17H29N3O2/c1-19-12-15(17(18-19)14-4-2-3-5-14)13-20-8-6-16(7-9-20)22-11-10-21/h12,14,16,21H,2-11,13H2,1H3. The number of aliphatic hydroxyl groups is 1. The lowest BCUT2D eigenvalue weighted by atomic mass is 9.99. The van der Waals surface area contributed by atoms with Crippen LogP contribution in [0.15, 0.2) is 6.20 Å². The van der Waals surface area contributed by atoms with E-state index < -0.39 is 0 Å². The van der Waals surface area contributed by atoms with E-state index in [1.165, 1.54) is 36.9 Å². The van der Waals surface area contributed by atoms with Crippen LogP contribution in [0.25, 0.3) is 0 Å². The fraction of sp³-hybridized carbons (Fsp3) is 0.824. The average molecular weight is 307 g/mol. The number of aryl methyl sites for hydroxylation is 1. The van der Waals surface area contributed by atoms with Gasteiger partial charge in [0.15, 0.2) is 0 Å². The first kappa shape index (κ1) is 16.0. The number of aromatic nitrogens is 2. The third-order valence-corrected chi connectivity index (χ3v) is 5.05. The summed E-state index contributed by atoms with van der Waals surface area (Å²) in [6.07, 6.45) is 10.00. The van der Waals surface area contributed by atoms with Crippen molar-refractivity contribution in [2.45, 2.75) is 57.1 Å². The summed E-state index contributed by atoms with van der Waals surface area (Å²) in [4.78, 5) is 2.52. The van der Waals surface area contributed by atoms with Crippen LogP contribution in [0.2, 0.25) is 0 Å². The van der Waals surface area contributed by atoms with Crippen molar-refractivity contribution >= 4 is 0 Å². The first-order valence-electron chi connectivity index (χ1n) is 8.73. The molecular weight excluding hydrogens is 278 g/mol. The first-order chi connectivity index (χ1) is 10.8. The molecule has 1 aromatic heterocycles. The molecule has 2 fully saturated rings. The van der Waals surface area contributed by atoms with Crippen molar-refractivity contribution in [3.8, 4) is 0 Å². The van der Waals surface area contributed by atoms with Crippen molar-refractivity contribution in [1.82, 2.24) is 14.7 Å². The SMILES string of the molecule is Cn1cc(CN2CCC(OCCO)CC2)c(C2CCCC2)n1. The molecule has 0 spiro atoms. The van der Waals surface area contributed by atoms with E-state index in [0.717, 1.165) is 32.5 Å². The molecule has 0 aromatic carbocycles. The molecule has 5 heteroatoms. The Morgan fingerprint density at radius 2 is 1.95 bits per heavy atom. The van der Waals surface area contributed by atoms with Gasteiger partial charge in [0.25, 0.3) is 0 Å². The van der Waals surface area contributed by atoms with E-state index in [-0.39, 0.29) is 6.61 Å². The zero-order valence-electron chi connectivity index (χ0n) is 13.7. The van der Waals surface area contributed by atoms with E-state index >= 15 is 0 Å². The molecule has 0 bridgehead atoms. The van der Waals surface area contributed by atoms with Gasteiger partial charge in [0, 0.05) is 44.4 Å². The molecule has 1 saturated carbocycles. The topological polar surface area (TPSA) is 50.5 Å². The molecule has 3 rings (SSSR count). The molecule has 0 radical (unpaired) electrons. The van der Waals surface area contributed by atoms with E-state index in [1.807, 2.05) is 11.7 Å².